The van der Waals surface area contributed by atoms with Gasteiger partial charge in [-0.1, -0.05) is 29.8 Å². The lowest BCUT2D eigenvalue weighted by atomic mass is 10.2. The van der Waals surface area contributed by atoms with Crippen molar-refractivity contribution in [2.75, 3.05) is 26.2 Å². The molecule has 3 heterocycles. The topological polar surface area (TPSA) is 32.8 Å². The third kappa shape index (κ3) is 4.75. The second kappa shape index (κ2) is 9.09. The van der Waals surface area contributed by atoms with Gasteiger partial charge in [0.25, 0.3) is 5.91 Å². The molecule has 2 aromatic heterocycles. The maximum atomic E-state index is 12.8. The van der Waals surface area contributed by atoms with Crippen LogP contribution in [-0.4, -0.2) is 41.9 Å². The molecule has 0 N–H and O–H groups in total. The van der Waals surface area contributed by atoms with Gasteiger partial charge in [-0.2, -0.15) is 0 Å². The lowest BCUT2D eigenvalue weighted by Gasteiger charge is -2.34. The predicted molar refractivity (Wildman–Crippen MR) is 116 cm³/mol. The zero-order chi connectivity index (χ0) is 19.3. The second-order valence-corrected chi connectivity index (χ2v) is 9.04. The van der Waals surface area contributed by atoms with E-state index in [1.54, 1.807) is 17.4 Å². The van der Waals surface area contributed by atoms with Crippen LogP contribution in [0.3, 0.4) is 0 Å². The van der Waals surface area contributed by atoms with Crippen molar-refractivity contribution in [3.8, 4) is 5.75 Å². The first-order chi connectivity index (χ1) is 13.7. The zero-order valence-corrected chi connectivity index (χ0v) is 17.7. The molecule has 0 bridgehead atoms. The van der Waals surface area contributed by atoms with E-state index in [-0.39, 0.29) is 5.91 Å². The Bertz CT molecular complexity index is 918. The molecule has 1 fully saturated rings. The maximum Gasteiger partial charge on any atom is 0.264 e. The molecule has 1 saturated heterocycles. The second-order valence-electron chi connectivity index (χ2n) is 6.69. The summed E-state index contributed by atoms with van der Waals surface area (Å²) < 4.78 is 5.77. The van der Waals surface area contributed by atoms with Crippen LogP contribution in [0.5, 0.6) is 5.75 Å². The van der Waals surface area contributed by atoms with E-state index in [1.165, 1.54) is 16.2 Å². The number of nitrogens with zero attached hydrogens (tertiary/aromatic N) is 2. The summed E-state index contributed by atoms with van der Waals surface area (Å²) in [6.45, 7) is 4.75. The molecule has 0 saturated carbocycles. The van der Waals surface area contributed by atoms with Gasteiger partial charge in [0, 0.05) is 43.2 Å². The number of carbonyl (C=O) groups is 1. The lowest BCUT2D eigenvalue weighted by Crippen LogP contribution is -2.48. The van der Waals surface area contributed by atoms with Crippen molar-refractivity contribution in [1.29, 1.82) is 0 Å². The molecule has 0 aliphatic carbocycles. The van der Waals surface area contributed by atoms with Crippen LogP contribution in [0.2, 0.25) is 5.02 Å². The quantitative estimate of drug-likeness (QED) is 0.549. The Morgan fingerprint density at radius 3 is 2.64 bits per heavy atom. The molecule has 7 heteroatoms. The number of hydrogen-bond donors (Lipinski definition) is 0. The maximum absolute atomic E-state index is 12.8. The van der Waals surface area contributed by atoms with E-state index in [2.05, 4.69) is 22.4 Å². The van der Waals surface area contributed by atoms with Gasteiger partial charge < -0.3 is 9.64 Å². The summed E-state index contributed by atoms with van der Waals surface area (Å²) in [4.78, 5) is 19.3. The van der Waals surface area contributed by atoms with Crippen LogP contribution in [0, 0.1) is 0 Å². The Labute approximate surface area is 177 Å². The molecule has 4 nitrogen and oxygen atoms in total. The van der Waals surface area contributed by atoms with E-state index in [1.807, 2.05) is 34.5 Å². The molecular weight excluding hydrogens is 412 g/mol. The molecule has 0 unspecified atom stereocenters. The van der Waals surface area contributed by atoms with Crippen molar-refractivity contribution in [3.05, 3.63) is 73.6 Å². The average Bonchev–Trinajstić information content (AvgIpc) is 3.39. The molecular formula is C21H21ClN2O2S2. The number of halogens is 1. The first kappa shape index (κ1) is 19.5. The highest BCUT2D eigenvalue weighted by molar-refractivity contribution is 7.12. The third-order valence-electron chi connectivity index (χ3n) is 4.71. The van der Waals surface area contributed by atoms with Crippen LogP contribution >= 0.6 is 34.3 Å². The zero-order valence-electron chi connectivity index (χ0n) is 15.3. The minimum absolute atomic E-state index is 0.116. The van der Waals surface area contributed by atoms with Crippen molar-refractivity contribution >= 4 is 40.2 Å². The van der Waals surface area contributed by atoms with Crippen LogP contribution in [0.25, 0.3) is 0 Å². The molecule has 146 valence electrons. The number of amides is 1. The van der Waals surface area contributed by atoms with Gasteiger partial charge in [-0.25, -0.2) is 0 Å². The Balaban J connectivity index is 1.29. The van der Waals surface area contributed by atoms with E-state index in [0.717, 1.165) is 43.2 Å². The lowest BCUT2D eigenvalue weighted by molar-refractivity contribution is 0.0634. The summed E-state index contributed by atoms with van der Waals surface area (Å²) >= 11 is 9.38. The van der Waals surface area contributed by atoms with Gasteiger partial charge >= 0.3 is 0 Å². The summed E-state index contributed by atoms with van der Waals surface area (Å²) in [6.07, 6.45) is 0. The molecule has 4 rings (SSSR count). The van der Waals surface area contributed by atoms with Gasteiger partial charge in [0.1, 0.15) is 12.4 Å². The summed E-state index contributed by atoms with van der Waals surface area (Å²) in [5.74, 6) is 0.773. The summed E-state index contributed by atoms with van der Waals surface area (Å²) in [6, 6.07) is 13.6. The van der Waals surface area contributed by atoms with Crippen molar-refractivity contribution in [3.63, 3.8) is 0 Å². The van der Waals surface area contributed by atoms with Crippen molar-refractivity contribution in [2.45, 2.75) is 13.2 Å². The molecule has 0 spiro atoms. The van der Waals surface area contributed by atoms with Crippen molar-refractivity contribution in [1.82, 2.24) is 9.80 Å². The fourth-order valence-electron chi connectivity index (χ4n) is 3.17. The molecule has 1 aliphatic heterocycles. The molecule has 3 aromatic rings. The number of carbonyl (C=O) groups excluding carboxylic acids is 1. The van der Waals surface area contributed by atoms with Gasteiger partial charge in [0.2, 0.25) is 0 Å². The molecule has 1 aromatic carbocycles. The Hall–Kier alpha value is -1.86. The molecule has 0 radical (unpaired) electrons. The SMILES string of the molecule is O=C(c1cc(COc2ccccc2Cl)cs1)N1CCN(Cc2cccs2)CC1. The number of benzene rings is 1. The normalized spacial score (nSPS) is 15.0. The number of hydrogen-bond acceptors (Lipinski definition) is 5. The van der Waals surface area contributed by atoms with Crippen molar-refractivity contribution < 1.29 is 9.53 Å². The van der Waals surface area contributed by atoms with Crippen LogP contribution in [0.15, 0.2) is 53.2 Å². The summed E-state index contributed by atoms with van der Waals surface area (Å²) in [5, 5.41) is 4.69. The fraction of sp³-hybridized carbons (Fsp3) is 0.286. The minimum Gasteiger partial charge on any atom is -0.487 e. The van der Waals surface area contributed by atoms with Crippen LogP contribution < -0.4 is 4.74 Å². The number of rotatable bonds is 6. The number of thiophene rings is 2. The van der Waals surface area contributed by atoms with Crippen molar-refractivity contribution in [2.24, 2.45) is 0 Å². The highest BCUT2D eigenvalue weighted by atomic mass is 35.5. The number of piperazine rings is 1. The highest BCUT2D eigenvalue weighted by Gasteiger charge is 2.23. The van der Waals surface area contributed by atoms with Gasteiger partial charge in [-0.15, -0.1) is 22.7 Å². The van der Waals surface area contributed by atoms with E-state index in [9.17, 15) is 4.79 Å². The third-order valence-corrected chi connectivity index (χ3v) is 6.85. The standard InChI is InChI=1S/C21H21ClN2O2S2/c22-18-5-1-2-6-19(18)26-14-16-12-20(28-15-16)21(25)24-9-7-23(8-10-24)13-17-4-3-11-27-17/h1-6,11-12,15H,7-10,13-14H2. The van der Waals surface area contributed by atoms with Crippen LogP contribution in [0.4, 0.5) is 0 Å². The smallest absolute Gasteiger partial charge is 0.264 e. The van der Waals surface area contributed by atoms with Crippen LogP contribution in [0.1, 0.15) is 20.1 Å². The Kier molecular flexibility index (Phi) is 6.32. The predicted octanol–water partition coefficient (Wildman–Crippen LogP) is 5.00. The average molecular weight is 433 g/mol. The van der Waals surface area contributed by atoms with E-state index in [0.29, 0.717) is 17.4 Å². The van der Waals surface area contributed by atoms with Gasteiger partial charge in [0.15, 0.2) is 0 Å². The number of ether oxygens (including phenoxy) is 1. The largest absolute Gasteiger partial charge is 0.487 e. The molecule has 0 atom stereocenters. The van der Waals surface area contributed by atoms with Crippen LogP contribution in [-0.2, 0) is 13.2 Å². The summed E-state index contributed by atoms with van der Waals surface area (Å²) in [7, 11) is 0. The molecule has 28 heavy (non-hydrogen) atoms. The first-order valence-corrected chi connectivity index (χ1v) is 11.3. The van der Waals surface area contributed by atoms with E-state index >= 15 is 0 Å². The fourth-order valence-corrected chi connectivity index (χ4v) is 4.97. The Morgan fingerprint density at radius 2 is 1.89 bits per heavy atom. The highest BCUT2D eigenvalue weighted by Crippen LogP contribution is 2.25. The van der Waals surface area contributed by atoms with Gasteiger partial charge in [-0.3, -0.25) is 9.69 Å². The minimum atomic E-state index is 0.116. The van der Waals surface area contributed by atoms with Gasteiger partial charge in [-0.05, 0) is 35.0 Å². The van der Waals surface area contributed by atoms with E-state index < -0.39 is 0 Å². The number of para-hydroxylation sites is 1. The Morgan fingerprint density at radius 1 is 1.07 bits per heavy atom. The summed E-state index contributed by atoms with van der Waals surface area (Å²) in [5.41, 5.74) is 0.990. The van der Waals surface area contributed by atoms with E-state index in [4.69, 9.17) is 16.3 Å². The first-order valence-electron chi connectivity index (χ1n) is 9.18. The molecule has 1 aliphatic rings. The molecule has 1 amide bonds. The monoisotopic (exact) mass is 432 g/mol. The van der Waals surface area contributed by atoms with Gasteiger partial charge in [0.05, 0.1) is 9.90 Å².